The van der Waals surface area contributed by atoms with Crippen molar-refractivity contribution >= 4 is 0 Å². The van der Waals surface area contributed by atoms with Crippen molar-refractivity contribution in [2.24, 2.45) is 5.73 Å². The van der Waals surface area contributed by atoms with E-state index in [4.69, 9.17) is 10.5 Å². The fraction of sp³-hybridized carbons (Fsp3) is 0.538. The summed E-state index contributed by atoms with van der Waals surface area (Å²) in [5, 5.41) is 0. The first-order chi connectivity index (χ1) is 7.65. The van der Waals surface area contributed by atoms with E-state index in [-0.39, 0.29) is 11.4 Å². The van der Waals surface area contributed by atoms with Gasteiger partial charge in [0.25, 0.3) is 0 Å². The lowest BCUT2D eigenvalue weighted by Crippen LogP contribution is -2.33. The van der Waals surface area contributed by atoms with Crippen molar-refractivity contribution in [1.82, 2.24) is 0 Å². The molecule has 88 valence electrons. The van der Waals surface area contributed by atoms with Crippen LogP contribution in [0.3, 0.4) is 0 Å². The zero-order valence-corrected chi connectivity index (χ0v) is 9.63. The highest BCUT2D eigenvalue weighted by molar-refractivity contribution is 5.33. The molecule has 2 nitrogen and oxygen atoms in total. The van der Waals surface area contributed by atoms with Crippen molar-refractivity contribution in [3.05, 3.63) is 29.6 Å². The van der Waals surface area contributed by atoms with Crippen LogP contribution in [0.4, 0.5) is 4.39 Å². The predicted octanol–water partition coefficient (Wildman–Crippen LogP) is 2.95. The molecule has 1 saturated carbocycles. The maximum absolute atomic E-state index is 13.7. The van der Waals surface area contributed by atoms with E-state index in [0.717, 1.165) is 31.2 Å². The summed E-state index contributed by atoms with van der Waals surface area (Å²) in [6.45, 7) is 2.32. The molecule has 0 unspecified atom stereocenters. The van der Waals surface area contributed by atoms with Gasteiger partial charge in [0.05, 0.1) is 6.61 Å². The average Bonchev–Trinajstić information content (AvgIpc) is 2.70. The smallest absolute Gasteiger partial charge is 0.165 e. The topological polar surface area (TPSA) is 35.2 Å². The minimum atomic E-state index is -0.328. The van der Waals surface area contributed by atoms with Crippen LogP contribution >= 0.6 is 0 Å². The second kappa shape index (κ2) is 4.42. The lowest BCUT2D eigenvalue weighted by Gasteiger charge is -2.24. The third-order valence-corrected chi connectivity index (χ3v) is 3.30. The van der Waals surface area contributed by atoms with Crippen LogP contribution in [0.5, 0.6) is 5.75 Å². The van der Waals surface area contributed by atoms with Crippen molar-refractivity contribution in [2.75, 3.05) is 6.61 Å². The first kappa shape index (κ1) is 11.4. The fourth-order valence-corrected chi connectivity index (χ4v) is 2.38. The van der Waals surface area contributed by atoms with Gasteiger partial charge in [-0.2, -0.15) is 0 Å². The molecule has 2 rings (SSSR count). The molecule has 16 heavy (non-hydrogen) atoms. The first-order valence-corrected chi connectivity index (χ1v) is 5.87. The van der Waals surface area contributed by atoms with Gasteiger partial charge < -0.3 is 10.5 Å². The molecular formula is C13H18FNO. The van der Waals surface area contributed by atoms with Crippen LogP contribution < -0.4 is 10.5 Å². The highest BCUT2D eigenvalue weighted by Gasteiger charge is 2.31. The van der Waals surface area contributed by atoms with Gasteiger partial charge >= 0.3 is 0 Å². The van der Waals surface area contributed by atoms with Gasteiger partial charge in [-0.05, 0) is 37.5 Å². The molecule has 1 aromatic rings. The van der Waals surface area contributed by atoms with Crippen LogP contribution in [0.15, 0.2) is 18.2 Å². The molecule has 1 aliphatic rings. The summed E-state index contributed by atoms with van der Waals surface area (Å²) in [4.78, 5) is 0. The van der Waals surface area contributed by atoms with Crippen LogP contribution in [0.2, 0.25) is 0 Å². The molecule has 0 aromatic heterocycles. The summed E-state index contributed by atoms with van der Waals surface area (Å²) in [7, 11) is 0. The third-order valence-electron chi connectivity index (χ3n) is 3.30. The number of nitrogens with two attached hydrogens (primary N) is 1. The Morgan fingerprint density at radius 2 is 2.06 bits per heavy atom. The Morgan fingerprint density at radius 3 is 2.62 bits per heavy atom. The number of halogens is 1. The summed E-state index contributed by atoms with van der Waals surface area (Å²) in [5.74, 6) is 0.00363. The molecule has 0 amide bonds. The summed E-state index contributed by atoms with van der Waals surface area (Å²) >= 11 is 0. The molecule has 1 aliphatic carbocycles. The van der Waals surface area contributed by atoms with Crippen LogP contribution in [0, 0.1) is 5.82 Å². The van der Waals surface area contributed by atoms with Gasteiger partial charge in [0, 0.05) is 5.54 Å². The quantitative estimate of drug-likeness (QED) is 0.855. The van der Waals surface area contributed by atoms with Crippen LogP contribution in [-0.2, 0) is 5.54 Å². The summed E-state index contributed by atoms with van der Waals surface area (Å²) in [6, 6.07) is 5.09. The van der Waals surface area contributed by atoms with Crippen LogP contribution in [0.1, 0.15) is 38.2 Å². The monoisotopic (exact) mass is 223 g/mol. The first-order valence-electron chi connectivity index (χ1n) is 5.87. The van der Waals surface area contributed by atoms with Gasteiger partial charge in [0.2, 0.25) is 0 Å². The number of hydrogen-bond acceptors (Lipinski definition) is 2. The highest BCUT2D eigenvalue weighted by Crippen LogP contribution is 2.37. The van der Waals surface area contributed by atoms with Crippen LogP contribution in [0.25, 0.3) is 0 Å². The standard InChI is InChI=1S/C13H18FNO/c1-2-16-12-6-5-10(9-11(12)14)13(15)7-3-4-8-13/h5-6,9H,2-4,7-8,15H2,1H3. The van der Waals surface area contributed by atoms with Gasteiger partial charge in [-0.25, -0.2) is 4.39 Å². The van der Waals surface area contributed by atoms with Crippen LogP contribution in [-0.4, -0.2) is 6.61 Å². The number of rotatable bonds is 3. The Bertz CT molecular complexity index is 372. The second-order valence-electron chi connectivity index (χ2n) is 4.44. The van der Waals surface area contributed by atoms with Crippen molar-refractivity contribution in [2.45, 2.75) is 38.1 Å². The lowest BCUT2D eigenvalue weighted by molar-refractivity contribution is 0.320. The van der Waals surface area contributed by atoms with Crippen molar-refractivity contribution < 1.29 is 9.13 Å². The Labute approximate surface area is 95.6 Å². The van der Waals surface area contributed by atoms with E-state index in [1.54, 1.807) is 6.07 Å². The van der Waals surface area contributed by atoms with Gasteiger partial charge in [-0.3, -0.25) is 0 Å². The summed E-state index contributed by atoms with van der Waals surface area (Å²) in [6.07, 6.45) is 4.15. The minimum absolute atomic E-state index is 0.309. The molecule has 1 fully saturated rings. The SMILES string of the molecule is CCOc1ccc(C2(N)CCCC2)cc1F. The molecule has 0 atom stereocenters. The average molecular weight is 223 g/mol. The molecule has 0 heterocycles. The zero-order valence-electron chi connectivity index (χ0n) is 9.63. The van der Waals surface area contributed by atoms with Gasteiger partial charge in [0.15, 0.2) is 11.6 Å². The molecule has 0 saturated heterocycles. The van der Waals surface area contributed by atoms with E-state index in [1.165, 1.54) is 6.07 Å². The Kier molecular flexibility index (Phi) is 3.15. The number of ether oxygens (including phenoxy) is 1. The van der Waals surface area contributed by atoms with E-state index < -0.39 is 0 Å². The van der Waals surface area contributed by atoms with Crippen molar-refractivity contribution in [1.29, 1.82) is 0 Å². The molecular weight excluding hydrogens is 205 g/mol. The lowest BCUT2D eigenvalue weighted by atomic mass is 9.89. The maximum Gasteiger partial charge on any atom is 0.165 e. The molecule has 2 N–H and O–H groups in total. The highest BCUT2D eigenvalue weighted by atomic mass is 19.1. The van der Waals surface area contributed by atoms with E-state index in [9.17, 15) is 4.39 Å². The Morgan fingerprint density at radius 1 is 1.38 bits per heavy atom. The van der Waals surface area contributed by atoms with Crippen molar-refractivity contribution in [3.8, 4) is 5.75 Å². The fourth-order valence-electron chi connectivity index (χ4n) is 2.38. The van der Waals surface area contributed by atoms with Gasteiger partial charge in [-0.1, -0.05) is 18.9 Å². The second-order valence-corrected chi connectivity index (χ2v) is 4.44. The largest absolute Gasteiger partial charge is 0.491 e. The molecule has 0 bridgehead atoms. The molecule has 3 heteroatoms. The molecule has 0 radical (unpaired) electrons. The molecule has 1 aromatic carbocycles. The normalized spacial score (nSPS) is 18.7. The third kappa shape index (κ3) is 2.05. The van der Waals surface area contributed by atoms with Gasteiger partial charge in [0.1, 0.15) is 0 Å². The number of benzene rings is 1. The van der Waals surface area contributed by atoms with Crippen molar-refractivity contribution in [3.63, 3.8) is 0 Å². The molecule has 0 spiro atoms. The van der Waals surface area contributed by atoms with E-state index in [2.05, 4.69) is 0 Å². The summed E-state index contributed by atoms with van der Waals surface area (Å²) in [5.41, 5.74) is 6.83. The molecule has 0 aliphatic heterocycles. The zero-order chi connectivity index (χ0) is 11.6. The Balaban J connectivity index is 2.26. The number of hydrogen-bond donors (Lipinski definition) is 1. The van der Waals surface area contributed by atoms with E-state index in [1.807, 2.05) is 13.0 Å². The van der Waals surface area contributed by atoms with E-state index >= 15 is 0 Å². The summed E-state index contributed by atoms with van der Waals surface area (Å²) < 4.78 is 18.9. The van der Waals surface area contributed by atoms with Gasteiger partial charge in [-0.15, -0.1) is 0 Å². The maximum atomic E-state index is 13.7. The Hall–Kier alpha value is -1.09. The van der Waals surface area contributed by atoms with E-state index in [0.29, 0.717) is 12.4 Å². The minimum Gasteiger partial charge on any atom is -0.491 e. The predicted molar refractivity (Wildman–Crippen MR) is 61.9 cm³/mol.